The Bertz CT molecular complexity index is 817. The lowest BCUT2D eigenvalue weighted by molar-refractivity contribution is 0.626. The lowest BCUT2D eigenvalue weighted by atomic mass is 10.2. The molecule has 0 saturated carbocycles. The number of imidazole rings is 1. The predicted octanol–water partition coefficient (Wildman–Crippen LogP) is 5.16. The maximum atomic E-state index is 13.4. The van der Waals surface area contributed by atoms with Crippen molar-refractivity contribution >= 4 is 67.8 Å². The molecule has 3 aromatic rings. The third-order valence-electron chi connectivity index (χ3n) is 3.15. The predicted molar refractivity (Wildman–Crippen MR) is 101 cm³/mol. The molecule has 0 aliphatic heterocycles. The maximum absolute atomic E-state index is 13.4. The second kappa shape index (κ2) is 6.37. The van der Waals surface area contributed by atoms with Gasteiger partial charge in [-0.25, -0.2) is 9.37 Å². The molecule has 1 aromatic heterocycles. The van der Waals surface area contributed by atoms with Gasteiger partial charge in [0, 0.05) is 19.4 Å². The molecule has 0 aliphatic carbocycles. The summed E-state index contributed by atoms with van der Waals surface area (Å²) in [4.78, 5) is 4.68. The van der Waals surface area contributed by atoms with E-state index >= 15 is 0 Å². The molecule has 0 radical (unpaired) electrons. The van der Waals surface area contributed by atoms with Gasteiger partial charge in [-0.1, -0.05) is 0 Å². The van der Waals surface area contributed by atoms with Gasteiger partial charge >= 0.3 is 0 Å². The van der Waals surface area contributed by atoms with E-state index < -0.39 is 0 Å². The normalized spacial score (nSPS) is 11.2. The molecule has 0 unspecified atom stereocenters. The summed E-state index contributed by atoms with van der Waals surface area (Å²) in [5.74, 6) is 1.16. The van der Waals surface area contributed by atoms with Gasteiger partial charge in [0.05, 0.1) is 16.7 Å². The Morgan fingerprint density at radius 2 is 1.95 bits per heavy atom. The fourth-order valence-corrected chi connectivity index (χ4v) is 3.65. The van der Waals surface area contributed by atoms with Crippen molar-refractivity contribution in [3.05, 3.63) is 55.2 Å². The Morgan fingerprint density at radius 1 is 1.14 bits per heavy atom. The van der Waals surface area contributed by atoms with E-state index in [1.165, 1.54) is 12.1 Å². The summed E-state index contributed by atoms with van der Waals surface area (Å²) in [5, 5.41) is 0. The van der Waals surface area contributed by atoms with Crippen LogP contribution in [0.4, 0.5) is 4.39 Å². The van der Waals surface area contributed by atoms with Crippen LogP contribution in [0.25, 0.3) is 16.7 Å². The van der Waals surface area contributed by atoms with Gasteiger partial charge in [0.25, 0.3) is 0 Å². The van der Waals surface area contributed by atoms with Crippen LogP contribution < -0.4 is 0 Å². The smallest absolute Gasteiger partial charge is 0.124 e. The van der Waals surface area contributed by atoms with Crippen molar-refractivity contribution in [1.29, 1.82) is 0 Å². The largest absolute Gasteiger partial charge is 0.295 e. The molecule has 108 valence electrons. The topological polar surface area (TPSA) is 17.8 Å². The van der Waals surface area contributed by atoms with E-state index in [9.17, 15) is 4.39 Å². The highest BCUT2D eigenvalue weighted by atomic mass is 127. The number of benzene rings is 2. The molecule has 2 nitrogen and oxygen atoms in total. The Hall–Kier alpha value is -0.410. The third kappa shape index (κ3) is 3.05. The van der Waals surface area contributed by atoms with E-state index in [1.807, 2.05) is 18.2 Å². The fraction of sp³-hybridized carbons (Fsp3) is 0.133. The number of alkyl halides is 1. The van der Waals surface area contributed by atoms with Gasteiger partial charge in [0.1, 0.15) is 11.6 Å². The number of halogens is 4. The molecule has 0 fully saturated rings. The molecule has 0 atom stereocenters. The van der Waals surface area contributed by atoms with Crippen LogP contribution in [0, 0.1) is 13.0 Å². The molecule has 1 heterocycles. The van der Waals surface area contributed by atoms with Crippen LogP contribution in [-0.2, 0) is 6.42 Å². The summed E-state index contributed by atoms with van der Waals surface area (Å²) < 4.78 is 17.4. The molecule has 0 bridgehead atoms. The molecule has 0 amide bonds. The molecular weight excluding hydrogens is 516 g/mol. The number of rotatable bonds is 3. The van der Waals surface area contributed by atoms with Crippen LogP contribution in [0.15, 0.2) is 36.4 Å². The van der Waals surface area contributed by atoms with Gasteiger partial charge in [-0.05, 0) is 81.6 Å². The average molecular weight is 527 g/mol. The SMILES string of the molecule is Fc1ccc(-n2c(CCCl)nc3cc(I)ccc32)c(I)c1. The number of fused-ring (bicyclic) bond motifs is 1. The Balaban J connectivity index is 2.30. The molecule has 21 heavy (non-hydrogen) atoms. The van der Waals surface area contributed by atoms with Crippen molar-refractivity contribution in [3.63, 3.8) is 0 Å². The summed E-state index contributed by atoms with van der Waals surface area (Å²) in [6.07, 6.45) is 0.667. The van der Waals surface area contributed by atoms with Gasteiger partial charge < -0.3 is 0 Å². The lowest BCUT2D eigenvalue weighted by Crippen LogP contribution is -2.04. The molecule has 0 N–H and O–H groups in total. The number of hydrogen-bond donors (Lipinski definition) is 0. The van der Waals surface area contributed by atoms with E-state index in [2.05, 4.69) is 54.7 Å². The zero-order valence-corrected chi connectivity index (χ0v) is 15.9. The highest BCUT2D eigenvalue weighted by Crippen LogP contribution is 2.27. The third-order valence-corrected chi connectivity index (χ3v) is 4.88. The summed E-state index contributed by atoms with van der Waals surface area (Å²) in [6.45, 7) is 0. The highest BCUT2D eigenvalue weighted by Gasteiger charge is 2.14. The maximum Gasteiger partial charge on any atom is 0.124 e. The Morgan fingerprint density at radius 3 is 2.67 bits per heavy atom. The number of aromatic nitrogens is 2. The van der Waals surface area contributed by atoms with Crippen LogP contribution in [0.3, 0.4) is 0 Å². The minimum Gasteiger partial charge on any atom is -0.295 e. The van der Waals surface area contributed by atoms with E-state index in [0.29, 0.717) is 12.3 Å². The molecule has 0 aliphatic rings. The van der Waals surface area contributed by atoms with Gasteiger partial charge in [-0.2, -0.15) is 0 Å². The Kier molecular flexibility index (Phi) is 4.70. The Labute approximate surface area is 154 Å². The van der Waals surface area contributed by atoms with Crippen molar-refractivity contribution in [3.8, 4) is 5.69 Å². The van der Waals surface area contributed by atoms with E-state index in [1.54, 1.807) is 6.07 Å². The summed E-state index contributed by atoms with van der Waals surface area (Å²) in [5.41, 5.74) is 2.88. The van der Waals surface area contributed by atoms with Crippen molar-refractivity contribution in [2.75, 3.05) is 5.88 Å². The fourth-order valence-electron chi connectivity index (χ4n) is 2.29. The molecule has 0 spiro atoms. The van der Waals surface area contributed by atoms with Crippen molar-refractivity contribution in [1.82, 2.24) is 9.55 Å². The first kappa shape index (κ1) is 15.5. The zero-order chi connectivity index (χ0) is 15.0. The van der Waals surface area contributed by atoms with Gasteiger partial charge in [0.15, 0.2) is 0 Å². The zero-order valence-electron chi connectivity index (χ0n) is 10.8. The van der Waals surface area contributed by atoms with Crippen molar-refractivity contribution < 1.29 is 4.39 Å². The second-order valence-electron chi connectivity index (χ2n) is 4.53. The second-order valence-corrected chi connectivity index (χ2v) is 7.32. The molecule has 2 aromatic carbocycles. The minimum absolute atomic E-state index is 0.235. The summed E-state index contributed by atoms with van der Waals surface area (Å²) in [6, 6.07) is 10.9. The lowest BCUT2D eigenvalue weighted by Gasteiger charge is -2.11. The standard InChI is InChI=1S/C15H10ClFI2N2/c16-6-5-15-20-12-8-10(18)2-4-14(12)21(15)13-3-1-9(17)7-11(13)19/h1-4,7-8H,5-6H2. The van der Waals surface area contributed by atoms with E-state index in [0.717, 1.165) is 29.7 Å². The first-order valence-corrected chi connectivity index (χ1v) is 8.97. The first-order chi connectivity index (χ1) is 10.1. The van der Waals surface area contributed by atoms with Crippen LogP contribution in [-0.4, -0.2) is 15.4 Å². The molecular formula is C15H10ClFI2N2. The quantitative estimate of drug-likeness (QED) is 0.341. The first-order valence-electron chi connectivity index (χ1n) is 6.28. The summed E-state index contributed by atoms with van der Waals surface area (Å²) in [7, 11) is 0. The minimum atomic E-state index is -0.235. The molecule has 3 rings (SSSR count). The van der Waals surface area contributed by atoms with Gasteiger partial charge in [-0.15, -0.1) is 11.6 Å². The number of aryl methyl sites for hydroxylation is 1. The van der Waals surface area contributed by atoms with E-state index in [4.69, 9.17) is 11.6 Å². The van der Waals surface area contributed by atoms with Crippen molar-refractivity contribution in [2.45, 2.75) is 6.42 Å². The van der Waals surface area contributed by atoms with Crippen LogP contribution in [0.1, 0.15) is 5.82 Å². The molecule has 6 heteroatoms. The van der Waals surface area contributed by atoms with Crippen molar-refractivity contribution in [2.24, 2.45) is 0 Å². The van der Waals surface area contributed by atoms with Crippen LogP contribution in [0.2, 0.25) is 0 Å². The van der Waals surface area contributed by atoms with Gasteiger partial charge in [0.2, 0.25) is 0 Å². The van der Waals surface area contributed by atoms with Crippen LogP contribution in [0.5, 0.6) is 0 Å². The highest BCUT2D eigenvalue weighted by molar-refractivity contribution is 14.1. The van der Waals surface area contributed by atoms with Gasteiger partial charge in [-0.3, -0.25) is 4.57 Å². The molecule has 0 saturated heterocycles. The monoisotopic (exact) mass is 526 g/mol. The summed E-state index contributed by atoms with van der Waals surface area (Å²) >= 11 is 10.3. The van der Waals surface area contributed by atoms with E-state index in [-0.39, 0.29) is 5.82 Å². The number of nitrogens with zero attached hydrogens (tertiary/aromatic N) is 2. The van der Waals surface area contributed by atoms with Crippen LogP contribution >= 0.6 is 56.8 Å². The number of hydrogen-bond acceptors (Lipinski definition) is 1. The average Bonchev–Trinajstić information content (AvgIpc) is 2.76.